The van der Waals surface area contributed by atoms with Crippen LogP contribution in [-0.2, 0) is 4.79 Å². The maximum Gasteiger partial charge on any atom is 0.264 e. The third-order valence-electron chi connectivity index (χ3n) is 2.27. The number of nitrogens with one attached hydrogen (secondary N) is 1. The molecule has 1 N–H and O–H groups in total. The van der Waals surface area contributed by atoms with Crippen molar-refractivity contribution in [3.8, 4) is 0 Å². The summed E-state index contributed by atoms with van der Waals surface area (Å²) in [5.41, 5.74) is 0.546. The van der Waals surface area contributed by atoms with Crippen molar-refractivity contribution in [3.05, 3.63) is 35.9 Å². The molecule has 0 aliphatic carbocycles. The summed E-state index contributed by atoms with van der Waals surface area (Å²) in [6.07, 6.45) is 0. The zero-order chi connectivity index (χ0) is 10.2. The molecule has 1 heterocycles. The van der Waals surface area contributed by atoms with E-state index in [4.69, 9.17) is 0 Å². The smallest absolute Gasteiger partial charge is 0.264 e. The Hall–Kier alpha value is -1.35. The van der Waals surface area contributed by atoms with Gasteiger partial charge in [-0.05, 0) is 19.4 Å². The third kappa shape index (κ3) is 1.63. The van der Waals surface area contributed by atoms with Gasteiger partial charge in [0.05, 0.1) is 0 Å². The molecule has 0 spiro atoms. The number of carbonyl (C=O) groups excluding carboxylic acids is 1. The summed E-state index contributed by atoms with van der Waals surface area (Å²) in [6, 6.07) is 9.39. The fourth-order valence-electron chi connectivity index (χ4n) is 1.66. The lowest BCUT2D eigenvalue weighted by molar-refractivity contribution is -0.121. The van der Waals surface area contributed by atoms with Gasteiger partial charge in [0, 0.05) is 0 Å². The molecule has 1 amide bonds. The standard InChI is InChI=1S/C11H13N2O/c1-11(2)12-9(10(14)13-11)8-6-4-3-5-7-8/h3-7,9,12H,1-2H3. The predicted octanol–water partition coefficient (Wildman–Crippen LogP) is 1.20. The quantitative estimate of drug-likeness (QED) is 0.721. The highest BCUT2D eigenvalue weighted by Gasteiger charge is 2.39. The highest BCUT2D eigenvalue weighted by atomic mass is 16.2. The lowest BCUT2D eigenvalue weighted by atomic mass is 10.1. The van der Waals surface area contributed by atoms with Crippen LogP contribution in [0.2, 0.25) is 0 Å². The Morgan fingerprint density at radius 2 is 1.93 bits per heavy atom. The summed E-state index contributed by atoms with van der Waals surface area (Å²) in [5, 5.41) is 7.21. The number of amides is 1. The Labute approximate surface area is 83.5 Å². The van der Waals surface area contributed by atoms with Crippen LogP contribution in [0.3, 0.4) is 0 Å². The van der Waals surface area contributed by atoms with E-state index >= 15 is 0 Å². The van der Waals surface area contributed by atoms with E-state index in [2.05, 4.69) is 10.6 Å². The molecule has 0 bridgehead atoms. The van der Waals surface area contributed by atoms with Crippen molar-refractivity contribution in [1.82, 2.24) is 10.6 Å². The highest BCUT2D eigenvalue weighted by molar-refractivity contribution is 5.85. The molecule has 3 nitrogen and oxygen atoms in total. The Bertz CT molecular complexity index is 346. The van der Waals surface area contributed by atoms with E-state index in [0.717, 1.165) is 5.56 Å². The van der Waals surface area contributed by atoms with Crippen molar-refractivity contribution in [1.29, 1.82) is 0 Å². The van der Waals surface area contributed by atoms with Crippen molar-refractivity contribution in [2.45, 2.75) is 25.6 Å². The van der Waals surface area contributed by atoms with Crippen molar-refractivity contribution in [2.75, 3.05) is 0 Å². The average molecular weight is 189 g/mol. The molecule has 2 rings (SSSR count). The molecule has 0 aromatic heterocycles. The number of carbonyl (C=O) groups is 1. The number of nitrogens with zero attached hydrogens (tertiary/aromatic N) is 1. The minimum Gasteiger partial charge on any atom is -0.278 e. The maximum atomic E-state index is 11.6. The molecule has 0 saturated carbocycles. The van der Waals surface area contributed by atoms with Gasteiger partial charge in [-0.1, -0.05) is 30.3 Å². The van der Waals surface area contributed by atoms with E-state index < -0.39 is 5.66 Å². The third-order valence-corrected chi connectivity index (χ3v) is 2.27. The number of hydrogen-bond acceptors (Lipinski definition) is 2. The van der Waals surface area contributed by atoms with Gasteiger partial charge in [-0.25, -0.2) is 5.32 Å². The van der Waals surface area contributed by atoms with Gasteiger partial charge in [-0.15, -0.1) is 0 Å². The van der Waals surface area contributed by atoms with Crippen LogP contribution in [0.25, 0.3) is 0 Å². The summed E-state index contributed by atoms with van der Waals surface area (Å²) in [7, 11) is 0. The Kier molecular flexibility index (Phi) is 2.04. The number of rotatable bonds is 1. The highest BCUT2D eigenvalue weighted by Crippen LogP contribution is 2.22. The first-order chi connectivity index (χ1) is 6.58. The van der Waals surface area contributed by atoms with Gasteiger partial charge in [0.15, 0.2) is 0 Å². The summed E-state index contributed by atoms with van der Waals surface area (Å²) in [6.45, 7) is 3.79. The van der Waals surface area contributed by atoms with Crippen LogP contribution in [0.1, 0.15) is 25.5 Å². The topological polar surface area (TPSA) is 43.2 Å². The number of hydrogen-bond donors (Lipinski definition) is 1. The van der Waals surface area contributed by atoms with Crippen molar-refractivity contribution in [2.24, 2.45) is 0 Å². The number of benzene rings is 1. The van der Waals surface area contributed by atoms with Crippen LogP contribution in [0.5, 0.6) is 0 Å². The van der Waals surface area contributed by atoms with Crippen LogP contribution in [0.15, 0.2) is 30.3 Å². The lowest BCUT2D eigenvalue weighted by Gasteiger charge is -2.16. The summed E-state index contributed by atoms with van der Waals surface area (Å²) >= 11 is 0. The molecule has 1 unspecified atom stereocenters. The zero-order valence-electron chi connectivity index (χ0n) is 8.32. The SMILES string of the molecule is CC1(C)[N]C(=O)C(c2ccccc2)N1. The van der Waals surface area contributed by atoms with E-state index in [1.54, 1.807) is 0 Å². The second-order valence-corrected chi connectivity index (χ2v) is 4.00. The molecule has 1 aliphatic rings. The summed E-state index contributed by atoms with van der Waals surface area (Å²) in [4.78, 5) is 11.6. The summed E-state index contributed by atoms with van der Waals surface area (Å²) in [5.74, 6) is -0.0822. The van der Waals surface area contributed by atoms with Crippen molar-refractivity contribution < 1.29 is 4.79 Å². The molecule has 14 heavy (non-hydrogen) atoms. The van der Waals surface area contributed by atoms with Gasteiger partial charge >= 0.3 is 0 Å². The maximum absolute atomic E-state index is 11.6. The Balaban J connectivity index is 2.26. The molecule has 73 valence electrons. The Morgan fingerprint density at radius 3 is 2.43 bits per heavy atom. The van der Waals surface area contributed by atoms with E-state index in [1.807, 2.05) is 44.2 Å². The van der Waals surface area contributed by atoms with Gasteiger partial charge in [-0.3, -0.25) is 10.1 Å². The van der Waals surface area contributed by atoms with Gasteiger partial charge in [0.1, 0.15) is 11.7 Å². The lowest BCUT2D eigenvalue weighted by Crippen LogP contribution is -2.39. The molecule has 1 atom stereocenters. The van der Waals surface area contributed by atoms with Gasteiger partial charge < -0.3 is 0 Å². The Morgan fingerprint density at radius 1 is 1.29 bits per heavy atom. The van der Waals surface area contributed by atoms with Crippen LogP contribution in [-0.4, -0.2) is 11.6 Å². The summed E-state index contributed by atoms with van der Waals surface area (Å²) < 4.78 is 0. The predicted molar refractivity (Wildman–Crippen MR) is 53.5 cm³/mol. The second-order valence-electron chi connectivity index (χ2n) is 4.00. The van der Waals surface area contributed by atoms with Crippen molar-refractivity contribution in [3.63, 3.8) is 0 Å². The van der Waals surface area contributed by atoms with Gasteiger partial charge in [0.25, 0.3) is 5.91 Å². The normalized spacial score (nSPS) is 24.7. The molecule has 1 fully saturated rings. The molecule has 1 radical (unpaired) electrons. The van der Waals surface area contributed by atoms with Crippen LogP contribution < -0.4 is 10.6 Å². The molecule has 1 aromatic carbocycles. The fourth-order valence-corrected chi connectivity index (χ4v) is 1.66. The molecule has 3 heteroatoms. The first-order valence-corrected chi connectivity index (χ1v) is 4.68. The molecular formula is C11H13N2O. The minimum absolute atomic E-state index is 0.0822. The molecule has 1 aliphatic heterocycles. The van der Waals surface area contributed by atoms with E-state index in [1.165, 1.54) is 0 Å². The van der Waals surface area contributed by atoms with Crippen LogP contribution >= 0.6 is 0 Å². The van der Waals surface area contributed by atoms with Crippen LogP contribution in [0.4, 0.5) is 0 Å². The minimum atomic E-state index is -0.433. The molecular weight excluding hydrogens is 176 g/mol. The molecule has 1 saturated heterocycles. The average Bonchev–Trinajstić information content (AvgIpc) is 2.41. The van der Waals surface area contributed by atoms with E-state index in [-0.39, 0.29) is 11.9 Å². The van der Waals surface area contributed by atoms with Crippen LogP contribution in [0, 0.1) is 0 Å². The van der Waals surface area contributed by atoms with Crippen molar-refractivity contribution >= 4 is 5.91 Å². The first-order valence-electron chi connectivity index (χ1n) is 4.68. The second kappa shape index (κ2) is 3.10. The largest absolute Gasteiger partial charge is 0.278 e. The first kappa shape index (κ1) is 9.21. The van der Waals surface area contributed by atoms with Gasteiger partial charge in [0.2, 0.25) is 0 Å². The monoisotopic (exact) mass is 189 g/mol. The molecule has 1 aromatic rings. The van der Waals surface area contributed by atoms with E-state index in [9.17, 15) is 4.79 Å². The van der Waals surface area contributed by atoms with Gasteiger partial charge in [-0.2, -0.15) is 0 Å². The van der Waals surface area contributed by atoms with E-state index in [0.29, 0.717) is 0 Å². The zero-order valence-corrected chi connectivity index (χ0v) is 8.32. The fraction of sp³-hybridized carbons (Fsp3) is 0.364.